The molecule has 1 N–H and O–H groups in total. The molecule has 0 amide bonds. The number of benzene rings is 1. The van der Waals surface area contributed by atoms with E-state index in [1.165, 1.54) is 24.8 Å². The molecule has 0 aliphatic carbocycles. The van der Waals surface area contributed by atoms with Gasteiger partial charge in [0.1, 0.15) is 5.75 Å². The number of para-hydroxylation sites is 1. The molecule has 0 saturated carbocycles. The Kier molecular flexibility index (Phi) is 4.87. The highest BCUT2D eigenvalue weighted by Gasteiger charge is 2.19. The number of ether oxygens (including phenoxy) is 1. The summed E-state index contributed by atoms with van der Waals surface area (Å²) in [5.74, 6) is 1.73. The molecule has 0 spiro atoms. The van der Waals surface area contributed by atoms with Gasteiger partial charge >= 0.3 is 0 Å². The molecule has 2 nitrogen and oxygen atoms in total. The molecule has 0 bridgehead atoms. The SMILES string of the molecule is CCCCCOc1ccccc1C1CCNC1. The lowest BCUT2D eigenvalue weighted by atomic mass is 9.97. The number of nitrogens with one attached hydrogen (secondary N) is 1. The monoisotopic (exact) mass is 233 g/mol. The Hall–Kier alpha value is -1.02. The van der Waals surface area contributed by atoms with Crippen LogP contribution in [0.5, 0.6) is 5.75 Å². The van der Waals surface area contributed by atoms with Crippen LogP contribution in [0.4, 0.5) is 0 Å². The molecule has 0 aromatic heterocycles. The van der Waals surface area contributed by atoms with E-state index < -0.39 is 0 Å². The molecule has 1 aromatic carbocycles. The third-order valence-electron chi connectivity index (χ3n) is 3.42. The average molecular weight is 233 g/mol. The summed E-state index contributed by atoms with van der Waals surface area (Å²) in [6, 6.07) is 8.51. The van der Waals surface area contributed by atoms with Gasteiger partial charge in [0.15, 0.2) is 0 Å². The number of rotatable bonds is 6. The molecule has 1 atom stereocenters. The minimum atomic E-state index is 0.636. The predicted molar refractivity (Wildman–Crippen MR) is 71.7 cm³/mol. The van der Waals surface area contributed by atoms with Gasteiger partial charge in [-0.05, 0) is 31.0 Å². The van der Waals surface area contributed by atoms with Gasteiger partial charge in [-0.3, -0.25) is 0 Å². The van der Waals surface area contributed by atoms with Crippen LogP contribution in [0.1, 0.15) is 44.1 Å². The molecule has 1 saturated heterocycles. The van der Waals surface area contributed by atoms with Crippen LogP contribution >= 0.6 is 0 Å². The molecule has 2 rings (SSSR count). The van der Waals surface area contributed by atoms with Gasteiger partial charge in [-0.2, -0.15) is 0 Å². The average Bonchev–Trinajstić information content (AvgIpc) is 2.89. The zero-order chi connectivity index (χ0) is 11.9. The lowest BCUT2D eigenvalue weighted by molar-refractivity contribution is 0.302. The van der Waals surface area contributed by atoms with Crippen LogP contribution < -0.4 is 10.1 Å². The topological polar surface area (TPSA) is 21.3 Å². The van der Waals surface area contributed by atoms with Gasteiger partial charge in [-0.15, -0.1) is 0 Å². The number of unbranched alkanes of at least 4 members (excludes halogenated alkanes) is 2. The van der Waals surface area contributed by atoms with Crippen molar-refractivity contribution >= 4 is 0 Å². The van der Waals surface area contributed by atoms with E-state index in [0.717, 1.165) is 31.9 Å². The van der Waals surface area contributed by atoms with Crippen molar-refractivity contribution in [1.29, 1.82) is 0 Å². The molecular formula is C15H23NO. The Morgan fingerprint density at radius 3 is 2.94 bits per heavy atom. The first-order valence-corrected chi connectivity index (χ1v) is 6.84. The zero-order valence-electron chi connectivity index (χ0n) is 10.7. The number of hydrogen-bond acceptors (Lipinski definition) is 2. The summed E-state index contributed by atoms with van der Waals surface area (Å²) < 4.78 is 5.92. The fraction of sp³-hybridized carbons (Fsp3) is 0.600. The van der Waals surface area contributed by atoms with Crippen molar-refractivity contribution in [1.82, 2.24) is 5.32 Å². The molecule has 94 valence electrons. The Balaban J connectivity index is 1.95. The van der Waals surface area contributed by atoms with Crippen LogP contribution in [0, 0.1) is 0 Å². The molecule has 2 heteroatoms. The van der Waals surface area contributed by atoms with E-state index in [2.05, 4.69) is 36.5 Å². The second kappa shape index (κ2) is 6.65. The number of hydrogen-bond donors (Lipinski definition) is 1. The Labute approximate surface area is 104 Å². The summed E-state index contributed by atoms with van der Waals surface area (Å²) >= 11 is 0. The maximum absolute atomic E-state index is 5.92. The highest BCUT2D eigenvalue weighted by atomic mass is 16.5. The lowest BCUT2D eigenvalue weighted by Gasteiger charge is -2.15. The predicted octanol–water partition coefficient (Wildman–Crippen LogP) is 3.33. The van der Waals surface area contributed by atoms with Crippen molar-refractivity contribution in [3.63, 3.8) is 0 Å². The van der Waals surface area contributed by atoms with Crippen LogP contribution in [-0.2, 0) is 0 Å². The molecular weight excluding hydrogens is 210 g/mol. The largest absolute Gasteiger partial charge is 0.493 e. The van der Waals surface area contributed by atoms with Crippen molar-refractivity contribution < 1.29 is 4.74 Å². The van der Waals surface area contributed by atoms with E-state index in [-0.39, 0.29) is 0 Å². The van der Waals surface area contributed by atoms with Crippen LogP contribution in [0.2, 0.25) is 0 Å². The van der Waals surface area contributed by atoms with Crippen molar-refractivity contribution in [3.05, 3.63) is 29.8 Å². The lowest BCUT2D eigenvalue weighted by Crippen LogP contribution is -2.09. The smallest absolute Gasteiger partial charge is 0.122 e. The first-order valence-electron chi connectivity index (χ1n) is 6.84. The normalized spacial score (nSPS) is 19.5. The molecule has 1 aromatic rings. The van der Waals surface area contributed by atoms with E-state index in [9.17, 15) is 0 Å². The highest BCUT2D eigenvalue weighted by Crippen LogP contribution is 2.30. The Morgan fingerprint density at radius 2 is 2.18 bits per heavy atom. The van der Waals surface area contributed by atoms with Crippen molar-refractivity contribution in [2.75, 3.05) is 19.7 Å². The summed E-state index contributed by atoms with van der Waals surface area (Å²) in [5, 5.41) is 3.42. The third kappa shape index (κ3) is 3.47. The summed E-state index contributed by atoms with van der Waals surface area (Å²) in [7, 11) is 0. The molecule has 1 heterocycles. The van der Waals surface area contributed by atoms with Crippen molar-refractivity contribution in [3.8, 4) is 5.75 Å². The van der Waals surface area contributed by atoms with Gasteiger partial charge in [0.05, 0.1) is 6.61 Å². The van der Waals surface area contributed by atoms with E-state index in [1.807, 2.05) is 0 Å². The minimum absolute atomic E-state index is 0.636. The van der Waals surface area contributed by atoms with E-state index >= 15 is 0 Å². The van der Waals surface area contributed by atoms with Crippen molar-refractivity contribution in [2.45, 2.75) is 38.5 Å². The van der Waals surface area contributed by atoms with Crippen LogP contribution in [0.3, 0.4) is 0 Å². The molecule has 17 heavy (non-hydrogen) atoms. The maximum Gasteiger partial charge on any atom is 0.122 e. The molecule has 1 aliphatic rings. The summed E-state index contributed by atoms with van der Waals surface area (Å²) in [5.41, 5.74) is 1.38. The fourth-order valence-electron chi connectivity index (χ4n) is 2.40. The molecule has 1 unspecified atom stereocenters. The second-order valence-electron chi connectivity index (χ2n) is 4.78. The van der Waals surface area contributed by atoms with Crippen molar-refractivity contribution in [2.24, 2.45) is 0 Å². The quantitative estimate of drug-likeness (QED) is 0.761. The molecule has 1 fully saturated rings. The van der Waals surface area contributed by atoms with Crippen LogP contribution in [0.25, 0.3) is 0 Å². The standard InChI is InChI=1S/C15H23NO/c1-2-3-6-11-17-15-8-5-4-7-14(15)13-9-10-16-12-13/h4-5,7-8,13,16H,2-3,6,9-12H2,1H3. The first kappa shape index (κ1) is 12.4. The molecule has 1 aliphatic heterocycles. The van der Waals surface area contributed by atoms with Gasteiger partial charge in [0.25, 0.3) is 0 Å². The van der Waals surface area contributed by atoms with E-state index in [1.54, 1.807) is 0 Å². The minimum Gasteiger partial charge on any atom is -0.493 e. The van der Waals surface area contributed by atoms with Gasteiger partial charge in [0, 0.05) is 12.5 Å². The summed E-state index contributed by atoms with van der Waals surface area (Å²) in [6.07, 6.45) is 4.90. The van der Waals surface area contributed by atoms with Gasteiger partial charge < -0.3 is 10.1 Å². The maximum atomic E-state index is 5.92. The summed E-state index contributed by atoms with van der Waals surface area (Å²) in [6.45, 7) is 5.30. The first-order chi connectivity index (χ1) is 8.42. The van der Waals surface area contributed by atoms with E-state index in [0.29, 0.717) is 5.92 Å². The van der Waals surface area contributed by atoms with Gasteiger partial charge in [0.2, 0.25) is 0 Å². The van der Waals surface area contributed by atoms with Gasteiger partial charge in [-0.1, -0.05) is 38.0 Å². The Bertz CT molecular complexity index is 331. The second-order valence-corrected chi connectivity index (χ2v) is 4.78. The third-order valence-corrected chi connectivity index (χ3v) is 3.42. The highest BCUT2D eigenvalue weighted by molar-refractivity contribution is 5.37. The fourth-order valence-corrected chi connectivity index (χ4v) is 2.40. The van der Waals surface area contributed by atoms with E-state index in [4.69, 9.17) is 4.74 Å². The van der Waals surface area contributed by atoms with Crippen LogP contribution in [-0.4, -0.2) is 19.7 Å². The summed E-state index contributed by atoms with van der Waals surface area (Å²) in [4.78, 5) is 0. The molecule has 0 radical (unpaired) electrons. The zero-order valence-corrected chi connectivity index (χ0v) is 10.7. The van der Waals surface area contributed by atoms with Gasteiger partial charge in [-0.25, -0.2) is 0 Å². The Morgan fingerprint density at radius 1 is 1.29 bits per heavy atom. The van der Waals surface area contributed by atoms with Crippen LogP contribution in [0.15, 0.2) is 24.3 Å².